The number of carbonyl (C=O) groups is 2. The first kappa shape index (κ1) is 17.4. The van der Waals surface area contributed by atoms with Gasteiger partial charge in [0.25, 0.3) is 11.8 Å². The molecule has 1 aliphatic rings. The Morgan fingerprint density at radius 3 is 3.04 bits per heavy atom. The molecule has 0 bridgehead atoms. The summed E-state index contributed by atoms with van der Waals surface area (Å²) in [5, 5.41) is 4.89. The largest absolute Gasteiger partial charge is 0.483 e. The maximum atomic E-state index is 12.4. The third kappa shape index (κ3) is 4.37. The van der Waals surface area contributed by atoms with Crippen LogP contribution in [0.3, 0.4) is 0 Å². The van der Waals surface area contributed by atoms with Gasteiger partial charge in [0.05, 0.1) is 13.2 Å². The van der Waals surface area contributed by atoms with E-state index in [1.165, 1.54) is 0 Å². The summed E-state index contributed by atoms with van der Waals surface area (Å²) in [6, 6.07) is 9.20. The zero-order valence-electron chi connectivity index (χ0n) is 14.0. The van der Waals surface area contributed by atoms with Crippen molar-refractivity contribution in [3.63, 3.8) is 0 Å². The van der Waals surface area contributed by atoms with Crippen LogP contribution in [0.15, 0.2) is 35.7 Å². The van der Waals surface area contributed by atoms with Gasteiger partial charge >= 0.3 is 0 Å². The monoisotopic (exact) mass is 360 g/mol. The molecule has 0 fully saturated rings. The lowest BCUT2D eigenvalue weighted by molar-refractivity contribution is -0.133. The molecule has 25 heavy (non-hydrogen) atoms. The van der Waals surface area contributed by atoms with Crippen LogP contribution in [0.5, 0.6) is 5.75 Å². The fraction of sp³-hybridized carbons (Fsp3) is 0.333. The number of thiophene rings is 1. The number of methoxy groups -OCH3 is 1. The number of nitrogens with one attached hydrogen (secondary N) is 1. The highest BCUT2D eigenvalue weighted by Crippen LogP contribution is 2.25. The number of rotatable bonds is 6. The molecule has 132 valence electrons. The van der Waals surface area contributed by atoms with Gasteiger partial charge in [0.15, 0.2) is 6.61 Å². The molecular formula is C18H20N2O4S. The quantitative estimate of drug-likeness (QED) is 0.856. The van der Waals surface area contributed by atoms with Gasteiger partial charge in [-0.15, -0.1) is 11.3 Å². The van der Waals surface area contributed by atoms with Crippen molar-refractivity contribution in [2.24, 2.45) is 0 Å². The molecule has 0 unspecified atom stereocenters. The van der Waals surface area contributed by atoms with E-state index in [2.05, 4.69) is 5.32 Å². The van der Waals surface area contributed by atoms with Crippen LogP contribution < -0.4 is 10.1 Å². The number of nitrogens with zero attached hydrogens (tertiary/aromatic N) is 1. The fourth-order valence-corrected chi connectivity index (χ4v) is 3.24. The van der Waals surface area contributed by atoms with E-state index in [1.54, 1.807) is 41.5 Å². The molecule has 1 N–H and O–H groups in total. The van der Waals surface area contributed by atoms with Crippen molar-refractivity contribution in [3.8, 4) is 5.75 Å². The van der Waals surface area contributed by atoms with Gasteiger partial charge in [0.2, 0.25) is 0 Å². The molecule has 6 nitrogen and oxygen atoms in total. The van der Waals surface area contributed by atoms with Crippen LogP contribution >= 0.6 is 11.3 Å². The van der Waals surface area contributed by atoms with E-state index in [9.17, 15) is 9.59 Å². The number of ether oxygens (including phenoxy) is 2. The van der Waals surface area contributed by atoms with Crippen LogP contribution in [-0.2, 0) is 22.6 Å². The molecule has 7 heteroatoms. The molecule has 3 rings (SSSR count). The Hall–Kier alpha value is -2.38. The topological polar surface area (TPSA) is 67.9 Å². The van der Waals surface area contributed by atoms with E-state index in [0.29, 0.717) is 37.6 Å². The predicted octanol–water partition coefficient (Wildman–Crippen LogP) is 2.05. The lowest BCUT2D eigenvalue weighted by Gasteiger charge is -2.19. The highest BCUT2D eigenvalue weighted by molar-refractivity contribution is 7.09. The number of fused-ring (bicyclic) bond motifs is 1. The van der Waals surface area contributed by atoms with Crippen molar-refractivity contribution < 1.29 is 19.1 Å². The first-order valence-electron chi connectivity index (χ1n) is 8.00. The predicted molar refractivity (Wildman–Crippen MR) is 94.7 cm³/mol. The van der Waals surface area contributed by atoms with Crippen LogP contribution in [-0.4, -0.2) is 43.6 Å². The van der Waals surface area contributed by atoms with Crippen LogP contribution in [0.1, 0.15) is 20.8 Å². The standard InChI is InChI=1S/C18H20N2O4S/c1-23-7-6-20-11-14-9-13(4-5-16(14)24-12-17(20)21)18(22)19-10-15-3-2-8-25-15/h2-5,8-9H,6-7,10-12H2,1H3,(H,19,22). The fourth-order valence-electron chi connectivity index (χ4n) is 2.60. The van der Waals surface area contributed by atoms with Crippen LogP contribution in [0.2, 0.25) is 0 Å². The molecule has 0 spiro atoms. The summed E-state index contributed by atoms with van der Waals surface area (Å²) < 4.78 is 10.6. The summed E-state index contributed by atoms with van der Waals surface area (Å²) in [5.41, 5.74) is 1.38. The highest BCUT2D eigenvalue weighted by atomic mass is 32.1. The lowest BCUT2D eigenvalue weighted by atomic mass is 10.1. The Kier molecular flexibility index (Phi) is 5.67. The van der Waals surface area contributed by atoms with Crippen LogP contribution in [0.4, 0.5) is 0 Å². The number of hydrogen-bond acceptors (Lipinski definition) is 5. The van der Waals surface area contributed by atoms with Gasteiger partial charge in [0, 0.05) is 36.2 Å². The van der Waals surface area contributed by atoms with Gasteiger partial charge in [-0.1, -0.05) is 6.07 Å². The Balaban J connectivity index is 1.71. The summed E-state index contributed by atoms with van der Waals surface area (Å²) in [7, 11) is 1.60. The second-order valence-corrected chi connectivity index (χ2v) is 6.71. The maximum absolute atomic E-state index is 12.4. The average Bonchev–Trinajstić information content (AvgIpc) is 3.09. The molecule has 0 saturated carbocycles. The molecule has 2 aromatic rings. The van der Waals surface area contributed by atoms with Crippen molar-refractivity contribution in [2.75, 3.05) is 26.9 Å². The maximum Gasteiger partial charge on any atom is 0.260 e. The van der Waals surface area contributed by atoms with E-state index < -0.39 is 0 Å². The van der Waals surface area contributed by atoms with E-state index in [0.717, 1.165) is 10.4 Å². The zero-order valence-corrected chi connectivity index (χ0v) is 14.8. The third-order valence-electron chi connectivity index (χ3n) is 3.96. The van der Waals surface area contributed by atoms with E-state index in [4.69, 9.17) is 9.47 Å². The van der Waals surface area contributed by atoms with Gasteiger partial charge in [-0.3, -0.25) is 9.59 Å². The van der Waals surface area contributed by atoms with Gasteiger partial charge in [-0.05, 0) is 29.6 Å². The molecule has 0 aliphatic carbocycles. The second-order valence-electron chi connectivity index (χ2n) is 5.68. The van der Waals surface area contributed by atoms with Crippen LogP contribution in [0.25, 0.3) is 0 Å². The smallest absolute Gasteiger partial charge is 0.260 e. The summed E-state index contributed by atoms with van der Waals surface area (Å²) >= 11 is 1.60. The third-order valence-corrected chi connectivity index (χ3v) is 4.83. The molecule has 2 heterocycles. The van der Waals surface area contributed by atoms with Crippen LogP contribution in [0, 0.1) is 0 Å². The Labute approximate surface area is 150 Å². The number of amides is 2. The van der Waals surface area contributed by atoms with Gasteiger partial charge in [0.1, 0.15) is 5.75 Å². The Bertz CT molecular complexity index is 746. The molecule has 0 radical (unpaired) electrons. The van der Waals surface area contributed by atoms with Crippen molar-refractivity contribution in [2.45, 2.75) is 13.1 Å². The van der Waals surface area contributed by atoms with E-state index >= 15 is 0 Å². The molecule has 2 amide bonds. The van der Waals surface area contributed by atoms with Crippen molar-refractivity contribution in [1.29, 1.82) is 0 Å². The minimum Gasteiger partial charge on any atom is -0.483 e. The van der Waals surface area contributed by atoms with Gasteiger partial charge in [-0.2, -0.15) is 0 Å². The van der Waals surface area contributed by atoms with Crippen molar-refractivity contribution in [3.05, 3.63) is 51.7 Å². The highest BCUT2D eigenvalue weighted by Gasteiger charge is 2.22. The molecule has 0 atom stereocenters. The summed E-state index contributed by atoms with van der Waals surface area (Å²) in [4.78, 5) is 27.3. The number of benzene rings is 1. The SMILES string of the molecule is COCCN1Cc2cc(C(=O)NCc3cccs3)ccc2OCC1=O. The molecule has 1 aliphatic heterocycles. The molecule has 0 saturated heterocycles. The normalized spacial score (nSPS) is 13.8. The molecule has 1 aromatic carbocycles. The van der Waals surface area contributed by atoms with E-state index in [-0.39, 0.29) is 18.4 Å². The minimum atomic E-state index is -0.143. The number of hydrogen-bond donors (Lipinski definition) is 1. The summed E-state index contributed by atoms with van der Waals surface area (Å²) in [6.07, 6.45) is 0. The summed E-state index contributed by atoms with van der Waals surface area (Å²) in [5.74, 6) is 0.412. The Morgan fingerprint density at radius 1 is 1.40 bits per heavy atom. The van der Waals surface area contributed by atoms with Crippen molar-refractivity contribution >= 4 is 23.2 Å². The average molecular weight is 360 g/mol. The zero-order chi connectivity index (χ0) is 17.6. The minimum absolute atomic E-state index is 0.000630. The van der Waals surface area contributed by atoms with Gasteiger partial charge in [-0.25, -0.2) is 0 Å². The van der Waals surface area contributed by atoms with Gasteiger partial charge < -0.3 is 19.7 Å². The Morgan fingerprint density at radius 2 is 2.28 bits per heavy atom. The lowest BCUT2D eigenvalue weighted by Crippen LogP contribution is -2.34. The number of carbonyl (C=O) groups excluding carboxylic acids is 2. The molecular weight excluding hydrogens is 340 g/mol. The summed E-state index contributed by atoms with van der Waals surface area (Å²) in [6.45, 7) is 1.86. The van der Waals surface area contributed by atoms with E-state index in [1.807, 2.05) is 17.5 Å². The second kappa shape index (κ2) is 8.13. The first-order valence-corrected chi connectivity index (χ1v) is 8.88. The van der Waals surface area contributed by atoms with Crippen molar-refractivity contribution in [1.82, 2.24) is 10.2 Å². The first-order chi connectivity index (χ1) is 12.2. The molecule has 1 aromatic heterocycles.